The summed E-state index contributed by atoms with van der Waals surface area (Å²) in [4.78, 5) is 26.9. The van der Waals surface area contributed by atoms with Crippen LogP contribution in [0.4, 0.5) is 11.4 Å². The zero-order valence-electron chi connectivity index (χ0n) is 17.5. The van der Waals surface area contributed by atoms with Crippen molar-refractivity contribution in [2.45, 2.75) is 19.6 Å². The lowest BCUT2D eigenvalue weighted by molar-refractivity contribution is -0.125. The number of halogens is 3. The first kappa shape index (κ1) is 23.2. The number of ether oxygens (including phenoxy) is 2. The molecule has 1 aliphatic heterocycles. The van der Waals surface area contributed by atoms with Gasteiger partial charge in [-0.2, -0.15) is 0 Å². The van der Waals surface area contributed by atoms with Gasteiger partial charge in [-0.25, -0.2) is 0 Å². The van der Waals surface area contributed by atoms with Crippen molar-refractivity contribution in [2.75, 3.05) is 16.8 Å². The number of hydrogen-bond acceptors (Lipinski definition) is 4. The van der Waals surface area contributed by atoms with Crippen molar-refractivity contribution in [3.63, 3.8) is 0 Å². The van der Waals surface area contributed by atoms with Crippen LogP contribution in [0.3, 0.4) is 0 Å². The van der Waals surface area contributed by atoms with Crippen LogP contribution in [0.2, 0.25) is 15.1 Å². The van der Waals surface area contributed by atoms with Gasteiger partial charge in [-0.1, -0.05) is 53.0 Å². The van der Waals surface area contributed by atoms with E-state index in [2.05, 4.69) is 5.32 Å². The number of rotatable bonds is 6. The van der Waals surface area contributed by atoms with E-state index in [9.17, 15) is 9.59 Å². The Hall–Kier alpha value is -2.93. The summed E-state index contributed by atoms with van der Waals surface area (Å²) in [5, 5.41) is 4.11. The van der Waals surface area contributed by atoms with Crippen LogP contribution in [0, 0.1) is 0 Å². The average molecular weight is 506 g/mol. The van der Waals surface area contributed by atoms with Gasteiger partial charge in [0.05, 0.1) is 17.3 Å². The van der Waals surface area contributed by atoms with Crippen molar-refractivity contribution in [3.8, 4) is 11.5 Å². The number of anilines is 2. The highest BCUT2D eigenvalue weighted by Gasteiger charge is 2.32. The van der Waals surface area contributed by atoms with E-state index in [1.807, 2.05) is 18.2 Å². The fourth-order valence-electron chi connectivity index (χ4n) is 3.38. The van der Waals surface area contributed by atoms with E-state index in [0.717, 1.165) is 5.56 Å². The fraction of sp³-hybridized carbons (Fsp3) is 0.167. The normalized spacial score (nSPS) is 15.0. The molecule has 6 nitrogen and oxygen atoms in total. The Morgan fingerprint density at radius 3 is 2.61 bits per heavy atom. The van der Waals surface area contributed by atoms with E-state index in [1.165, 1.54) is 6.07 Å². The summed E-state index contributed by atoms with van der Waals surface area (Å²) in [6.45, 7) is 1.71. The Kier molecular flexibility index (Phi) is 6.98. The molecule has 0 fully saturated rings. The molecule has 1 N–H and O–H groups in total. The molecule has 0 radical (unpaired) electrons. The smallest absolute Gasteiger partial charge is 0.268 e. The van der Waals surface area contributed by atoms with E-state index >= 15 is 0 Å². The van der Waals surface area contributed by atoms with Gasteiger partial charge in [0.1, 0.15) is 11.5 Å². The van der Waals surface area contributed by atoms with E-state index < -0.39 is 12.0 Å². The van der Waals surface area contributed by atoms with Gasteiger partial charge >= 0.3 is 0 Å². The largest absolute Gasteiger partial charge is 0.482 e. The first-order chi connectivity index (χ1) is 15.8. The first-order valence-electron chi connectivity index (χ1n) is 10.0. The summed E-state index contributed by atoms with van der Waals surface area (Å²) in [5.74, 6) is 0.290. The molecule has 1 unspecified atom stereocenters. The number of nitrogens with zero attached hydrogens (tertiary/aromatic N) is 1. The van der Waals surface area contributed by atoms with Crippen LogP contribution in [-0.2, 0) is 16.1 Å². The topological polar surface area (TPSA) is 67.9 Å². The lowest BCUT2D eigenvalue weighted by Gasteiger charge is -2.33. The summed E-state index contributed by atoms with van der Waals surface area (Å²) in [7, 11) is 0. The van der Waals surface area contributed by atoms with Crippen LogP contribution in [-0.4, -0.2) is 24.5 Å². The average Bonchev–Trinajstić information content (AvgIpc) is 2.78. The summed E-state index contributed by atoms with van der Waals surface area (Å²) in [6.07, 6.45) is -0.641. The molecule has 0 aromatic heterocycles. The molecule has 0 bridgehead atoms. The molecule has 33 heavy (non-hydrogen) atoms. The van der Waals surface area contributed by atoms with Crippen LogP contribution in [0.5, 0.6) is 11.5 Å². The third-order valence-electron chi connectivity index (χ3n) is 4.99. The van der Waals surface area contributed by atoms with Crippen LogP contribution >= 0.6 is 34.8 Å². The van der Waals surface area contributed by atoms with Gasteiger partial charge in [0.2, 0.25) is 0 Å². The van der Waals surface area contributed by atoms with Gasteiger partial charge in [-0.05, 0) is 55.0 Å². The summed E-state index contributed by atoms with van der Waals surface area (Å²) in [6, 6.07) is 17.2. The van der Waals surface area contributed by atoms with Gasteiger partial charge in [0, 0.05) is 15.7 Å². The number of carbonyl (C=O) groups excluding carboxylic acids is 2. The number of amides is 2. The summed E-state index contributed by atoms with van der Waals surface area (Å²) in [5.41, 5.74) is 1.83. The van der Waals surface area contributed by atoms with Crippen LogP contribution < -0.4 is 19.7 Å². The van der Waals surface area contributed by atoms with Gasteiger partial charge in [-0.3, -0.25) is 9.59 Å². The fourth-order valence-corrected chi connectivity index (χ4v) is 4.04. The number of benzene rings is 3. The van der Waals surface area contributed by atoms with Crippen LogP contribution in [0.15, 0.2) is 60.7 Å². The highest BCUT2D eigenvalue weighted by molar-refractivity contribution is 6.35. The second-order valence-electron chi connectivity index (χ2n) is 7.37. The Morgan fingerprint density at radius 1 is 1.06 bits per heavy atom. The molecular formula is C24H19Cl3N2O4. The molecular weight excluding hydrogens is 487 g/mol. The predicted molar refractivity (Wildman–Crippen MR) is 130 cm³/mol. The van der Waals surface area contributed by atoms with E-state index in [1.54, 1.807) is 48.2 Å². The highest BCUT2D eigenvalue weighted by atomic mass is 35.5. The number of hydrogen-bond donors (Lipinski definition) is 1. The number of nitrogens with one attached hydrogen (secondary N) is 1. The Morgan fingerprint density at radius 2 is 1.85 bits per heavy atom. The van der Waals surface area contributed by atoms with Crippen LogP contribution in [0.1, 0.15) is 12.5 Å². The van der Waals surface area contributed by atoms with E-state index in [0.29, 0.717) is 37.9 Å². The zero-order valence-corrected chi connectivity index (χ0v) is 19.7. The van der Waals surface area contributed by atoms with Crippen molar-refractivity contribution in [1.29, 1.82) is 0 Å². The third kappa shape index (κ3) is 5.36. The van der Waals surface area contributed by atoms with Crippen molar-refractivity contribution < 1.29 is 19.1 Å². The Balaban J connectivity index is 1.51. The molecule has 1 atom stereocenters. The Bertz CT molecular complexity index is 1220. The first-order valence-corrected chi connectivity index (χ1v) is 11.2. The minimum absolute atomic E-state index is 0.202. The van der Waals surface area contributed by atoms with Gasteiger partial charge in [0.25, 0.3) is 11.8 Å². The van der Waals surface area contributed by atoms with Crippen molar-refractivity contribution >= 4 is 58.0 Å². The molecule has 0 aliphatic carbocycles. The summed E-state index contributed by atoms with van der Waals surface area (Å²) >= 11 is 18.2. The highest BCUT2D eigenvalue weighted by Crippen LogP contribution is 2.38. The molecule has 0 saturated heterocycles. The third-order valence-corrected chi connectivity index (χ3v) is 5.89. The van der Waals surface area contributed by atoms with E-state index in [-0.39, 0.29) is 19.1 Å². The van der Waals surface area contributed by atoms with Gasteiger partial charge in [0.15, 0.2) is 12.7 Å². The molecule has 2 amide bonds. The lowest BCUT2D eigenvalue weighted by Crippen LogP contribution is -2.44. The number of carbonyl (C=O) groups is 2. The zero-order chi connectivity index (χ0) is 23.5. The molecule has 1 aliphatic rings. The lowest BCUT2D eigenvalue weighted by atomic mass is 10.1. The van der Waals surface area contributed by atoms with Gasteiger partial charge < -0.3 is 19.7 Å². The molecule has 3 aromatic rings. The molecule has 0 saturated carbocycles. The minimum Gasteiger partial charge on any atom is -0.482 e. The molecule has 0 spiro atoms. The predicted octanol–water partition coefficient (Wildman–Crippen LogP) is 5.98. The molecule has 4 rings (SSSR count). The van der Waals surface area contributed by atoms with Crippen LogP contribution in [0.25, 0.3) is 0 Å². The molecule has 170 valence electrons. The Labute approximate surface area is 205 Å². The van der Waals surface area contributed by atoms with E-state index in [4.69, 9.17) is 44.3 Å². The molecule has 1 heterocycles. The van der Waals surface area contributed by atoms with Crippen molar-refractivity contribution in [1.82, 2.24) is 0 Å². The second kappa shape index (κ2) is 9.91. The maximum Gasteiger partial charge on any atom is 0.268 e. The quantitative estimate of drug-likeness (QED) is 0.448. The minimum atomic E-state index is -0.641. The maximum atomic E-state index is 12.9. The van der Waals surface area contributed by atoms with Crippen molar-refractivity contribution in [2.24, 2.45) is 0 Å². The molecule has 3 aromatic carbocycles. The number of fused-ring (bicyclic) bond motifs is 1. The summed E-state index contributed by atoms with van der Waals surface area (Å²) < 4.78 is 11.2. The van der Waals surface area contributed by atoms with Crippen molar-refractivity contribution in [3.05, 3.63) is 81.3 Å². The molecule has 9 heteroatoms. The second-order valence-corrected chi connectivity index (χ2v) is 8.62. The standard InChI is InChI=1S/C24H19Cl3N2O4/c1-14-24(31)29(12-15-4-2-3-5-18(15)26)20-11-17(7-9-22(20)33-14)28-23(30)13-32-21-8-6-16(25)10-19(21)27/h2-11,14H,12-13H2,1H3,(H,28,30). The maximum absolute atomic E-state index is 12.9. The monoisotopic (exact) mass is 504 g/mol. The SMILES string of the molecule is CC1Oc2ccc(NC(=O)COc3ccc(Cl)cc3Cl)cc2N(Cc2ccccc2Cl)C1=O. The van der Waals surface area contributed by atoms with Gasteiger partial charge in [-0.15, -0.1) is 0 Å².